The van der Waals surface area contributed by atoms with Crippen molar-refractivity contribution in [3.63, 3.8) is 0 Å². The zero-order valence-electron chi connectivity index (χ0n) is 10.2. The molecule has 9 heteroatoms. The average molecular weight is 340 g/mol. The monoisotopic (exact) mass is 339 g/mol. The van der Waals surface area contributed by atoms with E-state index in [1.54, 1.807) is 12.1 Å². The fourth-order valence-corrected chi connectivity index (χ4v) is 3.55. The van der Waals surface area contributed by atoms with Crippen molar-refractivity contribution in [1.82, 2.24) is 4.98 Å². The molecule has 3 aromatic rings. The molecule has 2 heterocycles. The third kappa shape index (κ3) is 2.73. The molecular weight excluding hydrogens is 334 g/mol. The lowest BCUT2D eigenvalue weighted by atomic mass is 10.3. The van der Waals surface area contributed by atoms with Crippen molar-refractivity contribution in [2.75, 3.05) is 5.32 Å². The number of benzene rings is 1. The van der Waals surface area contributed by atoms with Crippen LogP contribution in [0.2, 0.25) is 5.02 Å². The average Bonchev–Trinajstić information content (AvgIpc) is 3.05. The molecule has 106 valence electrons. The molecule has 1 N–H and O–H groups in total. The second-order valence-corrected chi connectivity index (χ2v) is 6.45. The van der Waals surface area contributed by atoms with Crippen LogP contribution in [-0.2, 0) is 0 Å². The van der Waals surface area contributed by atoms with Crippen molar-refractivity contribution in [1.29, 1.82) is 0 Å². The van der Waals surface area contributed by atoms with Gasteiger partial charge >= 0.3 is 5.00 Å². The molecule has 0 atom stereocenters. The number of thiazole rings is 1. The van der Waals surface area contributed by atoms with Crippen molar-refractivity contribution in [2.24, 2.45) is 0 Å². The number of nitrogens with zero attached hydrogens (tertiary/aromatic N) is 2. The van der Waals surface area contributed by atoms with Crippen LogP contribution in [0.5, 0.6) is 0 Å². The molecule has 0 saturated heterocycles. The molecule has 6 nitrogen and oxygen atoms in total. The number of anilines is 1. The largest absolute Gasteiger partial charge is 0.324 e. The van der Waals surface area contributed by atoms with Gasteiger partial charge in [0.1, 0.15) is 5.52 Å². The van der Waals surface area contributed by atoms with Gasteiger partial charge in [-0.3, -0.25) is 20.2 Å². The van der Waals surface area contributed by atoms with Gasteiger partial charge in [0, 0.05) is 6.07 Å². The highest BCUT2D eigenvalue weighted by Gasteiger charge is 2.17. The predicted molar refractivity (Wildman–Crippen MR) is 83.6 cm³/mol. The topological polar surface area (TPSA) is 85.1 Å². The number of carbonyl (C=O) groups excluding carboxylic acids is 1. The normalized spacial score (nSPS) is 10.7. The van der Waals surface area contributed by atoms with Crippen molar-refractivity contribution < 1.29 is 9.72 Å². The van der Waals surface area contributed by atoms with E-state index in [9.17, 15) is 14.9 Å². The molecule has 0 aliphatic heterocycles. The highest BCUT2D eigenvalue weighted by molar-refractivity contribution is 7.22. The van der Waals surface area contributed by atoms with Crippen LogP contribution in [0.4, 0.5) is 10.1 Å². The maximum Gasteiger partial charge on any atom is 0.324 e. The summed E-state index contributed by atoms with van der Waals surface area (Å²) in [7, 11) is 0. The molecule has 3 rings (SSSR count). The molecule has 0 unspecified atom stereocenters. The molecular formula is C12H6ClN3O3S2. The SMILES string of the molecule is O=C(Nc1nc2c(Cl)cccc2s1)c1ccc([N+](=O)[O-])s1. The van der Waals surface area contributed by atoms with Crippen LogP contribution in [0.15, 0.2) is 30.3 Å². The quantitative estimate of drug-likeness (QED) is 0.573. The van der Waals surface area contributed by atoms with E-state index < -0.39 is 10.8 Å². The number of aromatic nitrogens is 1. The summed E-state index contributed by atoms with van der Waals surface area (Å²) < 4.78 is 0.856. The number of halogens is 1. The molecule has 0 radical (unpaired) electrons. The fourth-order valence-electron chi connectivity index (χ4n) is 1.67. The van der Waals surface area contributed by atoms with Crippen LogP contribution < -0.4 is 5.32 Å². The third-order valence-corrected chi connectivity index (χ3v) is 4.86. The van der Waals surface area contributed by atoms with Gasteiger partial charge in [-0.2, -0.15) is 0 Å². The number of amides is 1. The smallest absolute Gasteiger partial charge is 0.297 e. The van der Waals surface area contributed by atoms with Gasteiger partial charge in [-0.15, -0.1) is 0 Å². The number of carbonyl (C=O) groups is 1. The Labute approximate surface area is 131 Å². The van der Waals surface area contributed by atoms with E-state index in [2.05, 4.69) is 10.3 Å². The minimum Gasteiger partial charge on any atom is -0.297 e. The van der Waals surface area contributed by atoms with Gasteiger partial charge in [0.15, 0.2) is 5.13 Å². The zero-order chi connectivity index (χ0) is 15.0. The minimum atomic E-state index is -0.529. The lowest BCUT2D eigenvalue weighted by Gasteiger charge is -1.96. The summed E-state index contributed by atoms with van der Waals surface area (Å²) in [6, 6.07) is 8.09. The molecule has 0 spiro atoms. The van der Waals surface area contributed by atoms with Crippen molar-refractivity contribution in [2.45, 2.75) is 0 Å². The first kappa shape index (κ1) is 13.9. The number of nitrogens with one attached hydrogen (secondary N) is 1. The van der Waals surface area contributed by atoms with Crippen LogP contribution in [0.25, 0.3) is 10.2 Å². The van der Waals surface area contributed by atoms with Gasteiger partial charge in [-0.05, 0) is 18.2 Å². The van der Waals surface area contributed by atoms with Crippen LogP contribution in [0.1, 0.15) is 9.67 Å². The molecule has 1 amide bonds. The summed E-state index contributed by atoms with van der Waals surface area (Å²) in [4.78, 5) is 26.6. The second-order valence-electron chi connectivity index (χ2n) is 3.95. The summed E-state index contributed by atoms with van der Waals surface area (Å²) in [5.41, 5.74) is 0.622. The number of thiophene rings is 1. The Morgan fingerprint density at radius 3 is 2.76 bits per heavy atom. The first-order chi connectivity index (χ1) is 10.0. The summed E-state index contributed by atoms with van der Waals surface area (Å²) >= 11 is 8.13. The molecule has 0 aliphatic carbocycles. The standard InChI is InChI=1S/C12H6ClN3O3S2/c13-6-2-1-3-7-10(6)14-12(21-7)15-11(17)8-4-5-9(20-8)16(18)19/h1-5H,(H,14,15,17). The summed E-state index contributed by atoms with van der Waals surface area (Å²) in [6.45, 7) is 0. The van der Waals surface area contributed by atoms with Gasteiger partial charge < -0.3 is 0 Å². The Hall–Kier alpha value is -2.03. The number of para-hydroxylation sites is 1. The Morgan fingerprint density at radius 2 is 2.10 bits per heavy atom. The molecule has 0 aliphatic rings. The van der Waals surface area contributed by atoms with Crippen LogP contribution in [0, 0.1) is 10.1 Å². The molecule has 21 heavy (non-hydrogen) atoms. The maximum atomic E-state index is 12.0. The Balaban J connectivity index is 1.85. The number of hydrogen-bond acceptors (Lipinski definition) is 6. The Morgan fingerprint density at radius 1 is 1.29 bits per heavy atom. The van der Waals surface area contributed by atoms with E-state index in [4.69, 9.17) is 11.6 Å². The number of rotatable bonds is 3. The molecule has 0 bridgehead atoms. The van der Waals surface area contributed by atoms with Gasteiger partial charge in [0.25, 0.3) is 5.91 Å². The maximum absolute atomic E-state index is 12.0. The van der Waals surface area contributed by atoms with Crippen LogP contribution >= 0.6 is 34.3 Å². The lowest BCUT2D eigenvalue weighted by molar-refractivity contribution is -0.380. The van der Waals surface area contributed by atoms with Gasteiger partial charge in [0.05, 0.1) is 19.5 Å². The molecule has 0 saturated carbocycles. The first-order valence-electron chi connectivity index (χ1n) is 5.65. The minimum absolute atomic E-state index is 0.0764. The van der Waals surface area contributed by atoms with E-state index >= 15 is 0 Å². The van der Waals surface area contributed by atoms with E-state index in [0.29, 0.717) is 15.7 Å². The highest BCUT2D eigenvalue weighted by Crippen LogP contribution is 2.31. The molecule has 0 fully saturated rings. The van der Waals surface area contributed by atoms with Crippen molar-refractivity contribution in [3.8, 4) is 0 Å². The van der Waals surface area contributed by atoms with E-state index in [0.717, 1.165) is 16.0 Å². The van der Waals surface area contributed by atoms with E-state index in [1.807, 2.05) is 6.07 Å². The highest BCUT2D eigenvalue weighted by atomic mass is 35.5. The number of fused-ring (bicyclic) bond motifs is 1. The van der Waals surface area contributed by atoms with Crippen LogP contribution in [0.3, 0.4) is 0 Å². The number of hydrogen-bond donors (Lipinski definition) is 1. The van der Waals surface area contributed by atoms with Gasteiger partial charge in [-0.1, -0.05) is 40.3 Å². The summed E-state index contributed by atoms with van der Waals surface area (Å²) in [6.07, 6.45) is 0. The third-order valence-electron chi connectivity index (χ3n) is 2.59. The summed E-state index contributed by atoms with van der Waals surface area (Å²) in [5.74, 6) is -0.428. The number of nitro groups is 1. The summed E-state index contributed by atoms with van der Waals surface area (Å²) in [5, 5.41) is 14.1. The van der Waals surface area contributed by atoms with Crippen molar-refractivity contribution >= 4 is 60.5 Å². The second kappa shape index (κ2) is 5.40. The van der Waals surface area contributed by atoms with Crippen molar-refractivity contribution in [3.05, 3.63) is 50.3 Å². The predicted octanol–water partition coefficient (Wildman–Crippen LogP) is 4.17. The van der Waals surface area contributed by atoms with E-state index in [-0.39, 0.29) is 9.88 Å². The van der Waals surface area contributed by atoms with Crippen LogP contribution in [-0.4, -0.2) is 15.8 Å². The zero-order valence-corrected chi connectivity index (χ0v) is 12.6. The van der Waals surface area contributed by atoms with Gasteiger partial charge in [-0.25, -0.2) is 4.98 Å². The Bertz CT molecular complexity index is 858. The Kier molecular flexibility index (Phi) is 3.58. The molecule has 2 aromatic heterocycles. The van der Waals surface area contributed by atoms with Gasteiger partial charge in [0.2, 0.25) is 0 Å². The lowest BCUT2D eigenvalue weighted by Crippen LogP contribution is -2.09. The first-order valence-corrected chi connectivity index (χ1v) is 7.66. The fraction of sp³-hybridized carbons (Fsp3) is 0. The molecule has 1 aromatic carbocycles. The van der Waals surface area contributed by atoms with E-state index in [1.165, 1.54) is 23.5 Å².